The molecule has 4 atom stereocenters. The van der Waals surface area contributed by atoms with Crippen molar-refractivity contribution >= 4 is 51.2 Å². The van der Waals surface area contributed by atoms with Gasteiger partial charge in [-0.1, -0.05) is 47.6 Å². The van der Waals surface area contributed by atoms with Gasteiger partial charge in [0.15, 0.2) is 0 Å². The van der Waals surface area contributed by atoms with E-state index in [1.54, 1.807) is 44.3 Å². The third-order valence-electron chi connectivity index (χ3n) is 5.78. The quantitative estimate of drug-likeness (QED) is 0.234. The molecule has 0 spiro atoms. The van der Waals surface area contributed by atoms with E-state index >= 15 is 0 Å². The fourth-order valence-electron chi connectivity index (χ4n) is 3.79. The molecule has 38 heavy (non-hydrogen) atoms. The lowest BCUT2D eigenvalue weighted by Gasteiger charge is -2.27. The summed E-state index contributed by atoms with van der Waals surface area (Å²) in [6.45, 7) is 3.11. The lowest BCUT2D eigenvalue weighted by molar-refractivity contribution is -0.148. The molecule has 1 saturated heterocycles. The average molecular weight is 564 g/mol. The molecule has 0 aliphatic carbocycles. The fourth-order valence-corrected chi connectivity index (χ4v) is 5.94. The van der Waals surface area contributed by atoms with Crippen LogP contribution in [0.5, 0.6) is 0 Å². The monoisotopic (exact) mass is 563 g/mol. The number of rotatable bonds is 3. The molecule has 0 unspecified atom stereocenters. The molecule has 3 heterocycles. The maximum Gasteiger partial charge on any atom is 0.326 e. The SMILES string of the molecule is CC(C)[C@H]1NC(=O)[C@H]2CSSCC/C=C/[C@H](CC(=O)N[C@H](Cc3ccccn3)C(=O)N2)OC(=O)CNC1=O. The number of nitrogens with zero attached hydrogens (tertiary/aromatic N) is 1. The first-order valence-corrected chi connectivity index (χ1v) is 14.9. The van der Waals surface area contributed by atoms with Crippen molar-refractivity contribution in [1.29, 1.82) is 0 Å². The first-order valence-electron chi connectivity index (χ1n) is 12.4. The molecule has 2 aliphatic rings. The van der Waals surface area contributed by atoms with Gasteiger partial charge in [0.2, 0.25) is 23.6 Å². The van der Waals surface area contributed by atoms with Crippen LogP contribution in [-0.4, -0.2) is 76.9 Å². The molecular weight excluding hydrogens is 530 g/mol. The van der Waals surface area contributed by atoms with Gasteiger partial charge in [0, 0.05) is 29.8 Å². The molecule has 2 aliphatic heterocycles. The van der Waals surface area contributed by atoms with E-state index < -0.39 is 60.4 Å². The number of nitrogens with one attached hydrogen (secondary N) is 4. The van der Waals surface area contributed by atoms with Crippen LogP contribution in [0.4, 0.5) is 0 Å². The predicted molar refractivity (Wildman–Crippen MR) is 145 cm³/mol. The summed E-state index contributed by atoms with van der Waals surface area (Å²) in [7, 11) is 2.94. The zero-order valence-electron chi connectivity index (χ0n) is 21.3. The van der Waals surface area contributed by atoms with Gasteiger partial charge in [0.1, 0.15) is 30.8 Å². The topological polar surface area (TPSA) is 156 Å². The van der Waals surface area contributed by atoms with Crippen molar-refractivity contribution in [3.05, 3.63) is 42.2 Å². The number of fused-ring (bicyclic) bond motifs is 7. The highest BCUT2D eigenvalue weighted by Crippen LogP contribution is 2.23. The lowest BCUT2D eigenvalue weighted by atomic mass is 10.0. The maximum atomic E-state index is 13.4. The molecule has 0 aromatic carbocycles. The largest absolute Gasteiger partial charge is 0.456 e. The molecule has 206 valence electrons. The van der Waals surface area contributed by atoms with Crippen LogP contribution in [0.1, 0.15) is 32.4 Å². The molecule has 1 aromatic rings. The fraction of sp³-hybridized carbons (Fsp3) is 0.520. The molecule has 0 radical (unpaired) electrons. The van der Waals surface area contributed by atoms with Gasteiger partial charge >= 0.3 is 5.97 Å². The van der Waals surface area contributed by atoms with Gasteiger partial charge in [0.25, 0.3) is 0 Å². The first-order chi connectivity index (χ1) is 18.2. The molecule has 2 bridgehead atoms. The molecule has 3 rings (SSSR count). The lowest BCUT2D eigenvalue weighted by Crippen LogP contribution is -2.59. The second-order valence-corrected chi connectivity index (χ2v) is 11.8. The van der Waals surface area contributed by atoms with Crippen molar-refractivity contribution < 1.29 is 28.7 Å². The van der Waals surface area contributed by atoms with E-state index in [0.717, 1.165) is 0 Å². The summed E-state index contributed by atoms with van der Waals surface area (Å²) in [5.41, 5.74) is 0.575. The van der Waals surface area contributed by atoms with Crippen molar-refractivity contribution in [2.75, 3.05) is 18.1 Å². The van der Waals surface area contributed by atoms with Crippen LogP contribution < -0.4 is 21.3 Å². The third kappa shape index (κ3) is 9.35. The second kappa shape index (κ2) is 14.8. The second-order valence-electron chi connectivity index (χ2n) is 9.21. The van der Waals surface area contributed by atoms with E-state index in [2.05, 4.69) is 26.3 Å². The number of ether oxygens (including phenoxy) is 1. The van der Waals surface area contributed by atoms with Crippen molar-refractivity contribution in [1.82, 2.24) is 26.3 Å². The minimum atomic E-state index is -1.03. The zero-order chi connectivity index (χ0) is 27.5. The van der Waals surface area contributed by atoms with E-state index in [1.807, 2.05) is 6.08 Å². The van der Waals surface area contributed by atoms with Crippen molar-refractivity contribution in [2.24, 2.45) is 5.92 Å². The Labute approximate surface area is 229 Å². The molecule has 4 N–H and O–H groups in total. The van der Waals surface area contributed by atoms with Crippen LogP contribution in [0.25, 0.3) is 0 Å². The van der Waals surface area contributed by atoms with Gasteiger partial charge in [-0.25, -0.2) is 0 Å². The molecule has 0 saturated carbocycles. The summed E-state index contributed by atoms with van der Waals surface area (Å²) in [6.07, 6.45) is 4.67. The van der Waals surface area contributed by atoms with E-state index in [0.29, 0.717) is 17.9 Å². The Balaban J connectivity index is 1.98. The molecule has 11 nitrogen and oxygen atoms in total. The number of allylic oxidation sites excluding steroid dienone is 1. The summed E-state index contributed by atoms with van der Waals surface area (Å²) < 4.78 is 5.47. The van der Waals surface area contributed by atoms with Crippen molar-refractivity contribution in [3.8, 4) is 0 Å². The van der Waals surface area contributed by atoms with Gasteiger partial charge in [-0.3, -0.25) is 29.0 Å². The minimum absolute atomic E-state index is 0.0892. The number of esters is 1. The molecule has 4 amide bonds. The molecule has 1 aromatic heterocycles. The molecular formula is C25H33N5O6S2. The Morgan fingerprint density at radius 3 is 2.58 bits per heavy atom. The Morgan fingerprint density at radius 1 is 1.03 bits per heavy atom. The number of aromatic nitrogens is 1. The standard InChI is InChI=1S/C25H33N5O6S2/c1-15(2)22-25(35)27-13-21(32)36-17-8-4-6-10-37-38-14-19(24(34)30-22)29-23(33)18(28-20(31)12-17)11-16-7-3-5-9-26-16/h3-5,7-9,15,17-19,22H,6,10-14H2,1-2H3,(H,27,35)(H,28,31)(H,29,33)(H,30,34)/b8-4+/t17-,18-,19-,22-/m1/s1. The summed E-state index contributed by atoms with van der Waals surface area (Å²) >= 11 is 0. The summed E-state index contributed by atoms with van der Waals surface area (Å²) in [4.78, 5) is 69.3. The van der Waals surface area contributed by atoms with Crippen LogP contribution in [0, 0.1) is 5.92 Å². The van der Waals surface area contributed by atoms with Crippen LogP contribution in [0.15, 0.2) is 36.5 Å². The molecule has 13 heteroatoms. The van der Waals surface area contributed by atoms with Crippen LogP contribution in [-0.2, 0) is 35.1 Å². The van der Waals surface area contributed by atoms with E-state index in [9.17, 15) is 24.0 Å². The van der Waals surface area contributed by atoms with Gasteiger partial charge in [-0.2, -0.15) is 0 Å². The van der Waals surface area contributed by atoms with Gasteiger partial charge in [-0.05, 0) is 30.5 Å². The summed E-state index contributed by atoms with van der Waals surface area (Å²) in [5, 5.41) is 10.7. The average Bonchev–Trinajstić information content (AvgIpc) is 2.88. The maximum absolute atomic E-state index is 13.4. The van der Waals surface area contributed by atoms with Gasteiger partial charge < -0.3 is 26.0 Å². The van der Waals surface area contributed by atoms with Gasteiger partial charge in [0.05, 0.1) is 6.42 Å². The minimum Gasteiger partial charge on any atom is -0.456 e. The third-order valence-corrected chi connectivity index (χ3v) is 8.23. The highest BCUT2D eigenvalue weighted by molar-refractivity contribution is 8.76. The molecule has 1 fully saturated rings. The number of carbonyl (C=O) groups is 5. The van der Waals surface area contributed by atoms with Crippen molar-refractivity contribution in [2.45, 2.75) is 57.3 Å². The van der Waals surface area contributed by atoms with E-state index in [-0.39, 0.29) is 24.5 Å². The smallest absolute Gasteiger partial charge is 0.326 e. The van der Waals surface area contributed by atoms with E-state index in [4.69, 9.17) is 4.74 Å². The first kappa shape index (κ1) is 29.5. The number of amides is 4. The summed E-state index contributed by atoms with van der Waals surface area (Å²) in [6, 6.07) is 2.31. The Hall–Kier alpha value is -3.06. The number of hydrogen-bond donors (Lipinski definition) is 4. The predicted octanol–water partition coefficient (Wildman–Crippen LogP) is 0.508. The Bertz CT molecular complexity index is 1040. The van der Waals surface area contributed by atoms with Crippen molar-refractivity contribution in [3.63, 3.8) is 0 Å². The van der Waals surface area contributed by atoms with Gasteiger partial charge in [-0.15, -0.1) is 0 Å². The van der Waals surface area contributed by atoms with Crippen LogP contribution in [0.3, 0.4) is 0 Å². The van der Waals surface area contributed by atoms with E-state index in [1.165, 1.54) is 21.6 Å². The Kier molecular flexibility index (Phi) is 11.5. The van der Waals surface area contributed by atoms with Crippen LogP contribution in [0.2, 0.25) is 0 Å². The highest BCUT2D eigenvalue weighted by Gasteiger charge is 2.32. The highest BCUT2D eigenvalue weighted by atomic mass is 33.1. The number of pyridine rings is 1. The number of hydrogen-bond acceptors (Lipinski definition) is 9. The normalized spacial score (nSPS) is 27.3. The van der Waals surface area contributed by atoms with Crippen LogP contribution >= 0.6 is 21.6 Å². The number of carbonyl (C=O) groups excluding carboxylic acids is 5. The summed E-state index contributed by atoms with van der Waals surface area (Å²) in [5.74, 6) is -2.24. The Morgan fingerprint density at radius 2 is 1.84 bits per heavy atom. The zero-order valence-corrected chi connectivity index (χ0v) is 22.9.